The maximum atomic E-state index is 12.8. The average molecular weight is 417 g/mol. The van der Waals surface area contributed by atoms with Crippen LogP contribution in [0.2, 0.25) is 10.0 Å². The molecule has 6 heteroatoms. The third kappa shape index (κ3) is 5.15. The summed E-state index contributed by atoms with van der Waals surface area (Å²) in [5.74, 6) is 1.15. The average Bonchev–Trinajstić information content (AvgIpc) is 3.13. The number of halogens is 2. The van der Waals surface area contributed by atoms with Gasteiger partial charge >= 0.3 is 0 Å². The fraction of sp³-hybridized carbons (Fsp3) is 0.273. The number of amides is 1. The molecule has 0 fully saturated rings. The van der Waals surface area contributed by atoms with Gasteiger partial charge in [-0.25, -0.2) is 4.98 Å². The van der Waals surface area contributed by atoms with E-state index in [1.165, 1.54) is 0 Å². The number of benzene rings is 2. The van der Waals surface area contributed by atoms with Crippen LogP contribution >= 0.6 is 23.2 Å². The summed E-state index contributed by atoms with van der Waals surface area (Å²) in [6.07, 6.45) is 2.39. The molecule has 1 heterocycles. The van der Waals surface area contributed by atoms with Crippen LogP contribution < -0.4 is 0 Å². The molecule has 0 aliphatic carbocycles. The Morgan fingerprint density at radius 1 is 1.14 bits per heavy atom. The highest BCUT2D eigenvalue weighted by Crippen LogP contribution is 2.30. The van der Waals surface area contributed by atoms with Crippen LogP contribution in [0.15, 0.2) is 59.1 Å². The highest BCUT2D eigenvalue weighted by molar-refractivity contribution is 6.36. The van der Waals surface area contributed by atoms with Gasteiger partial charge in [-0.3, -0.25) is 4.79 Å². The van der Waals surface area contributed by atoms with Crippen molar-refractivity contribution in [2.75, 3.05) is 0 Å². The van der Waals surface area contributed by atoms with Crippen molar-refractivity contribution in [3.63, 3.8) is 0 Å². The molecule has 4 nitrogen and oxygen atoms in total. The van der Waals surface area contributed by atoms with Crippen molar-refractivity contribution in [2.24, 2.45) is 0 Å². The van der Waals surface area contributed by atoms with Gasteiger partial charge in [0.2, 0.25) is 5.91 Å². The zero-order valence-electron chi connectivity index (χ0n) is 15.9. The summed E-state index contributed by atoms with van der Waals surface area (Å²) in [7, 11) is 0. The van der Waals surface area contributed by atoms with Gasteiger partial charge in [0.15, 0.2) is 11.7 Å². The summed E-state index contributed by atoms with van der Waals surface area (Å²) < 4.78 is 5.79. The third-order valence-corrected chi connectivity index (χ3v) is 4.99. The van der Waals surface area contributed by atoms with E-state index in [-0.39, 0.29) is 11.9 Å². The number of hydrogen-bond donors (Lipinski definition) is 0. The first-order chi connectivity index (χ1) is 13.4. The quantitative estimate of drug-likeness (QED) is 0.472. The molecule has 1 amide bonds. The minimum Gasteiger partial charge on any atom is -0.441 e. The van der Waals surface area contributed by atoms with Crippen LogP contribution in [0.1, 0.15) is 31.7 Å². The van der Waals surface area contributed by atoms with E-state index in [9.17, 15) is 4.79 Å². The maximum Gasteiger partial charge on any atom is 0.223 e. The second-order valence-corrected chi connectivity index (χ2v) is 7.69. The number of oxazole rings is 1. The van der Waals surface area contributed by atoms with Crippen molar-refractivity contribution in [2.45, 2.75) is 39.3 Å². The fourth-order valence-electron chi connectivity index (χ4n) is 2.94. The number of nitrogens with zero attached hydrogens (tertiary/aromatic N) is 2. The Hall–Kier alpha value is -2.30. The second-order valence-electron chi connectivity index (χ2n) is 6.84. The zero-order chi connectivity index (χ0) is 20.1. The molecule has 0 bridgehead atoms. The Morgan fingerprint density at radius 2 is 1.89 bits per heavy atom. The van der Waals surface area contributed by atoms with E-state index in [2.05, 4.69) is 4.98 Å². The topological polar surface area (TPSA) is 46.3 Å². The SMILES string of the molecule is CC(C)N(Cc1ccccc1)C(=O)CCc1ncc(-c2ccc(Cl)cc2Cl)o1. The number of rotatable bonds is 7. The summed E-state index contributed by atoms with van der Waals surface area (Å²) in [6, 6.07) is 15.3. The van der Waals surface area contributed by atoms with Crippen LogP contribution in [0.3, 0.4) is 0 Å². The molecule has 2 aromatic carbocycles. The van der Waals surface area contributed by atoms with E-state index in [1.54, 1.807) is 24.4 Å². The van der Waals surface area contributed by atoms with Crippen LogP contribution in [-0.2, 0) is 17.8 Å². The molecule has 0 aliphatic heterocycles. The lowest BCUT2D eigenvalue weighted by atomic mass is 10.1. The highest BCUT2D eigenvalue weighted by atomic mass is 35.5. The maximum absolute atomic E-state index is 12.8. The van der Waals surface area contributed by atoms with Crippen LogP contribution in [0.25, 0.3) is 11.3 Å². The van der Waals surface area contributed by atoms with Crippen molar-refractivity contribution in [3.05, 3.63) is 76.2 Å². The summed E-state index contributed by atoms with van der Waals surface area (Å²) in [4.78, 5) is 18.9. The van der Waals surface area contributed by atoms with E-state index in [0.29, 0.717) is 41.1 Å². The van der Waals surface area contributed by atoms with Gasteiger partial charge in [-0.2, -0.15) is 0 Å². The molecule has 0 N–H and O–H groups in total. The smallest absolute Gasteiger partial charge is 0.223 e. The first-order valence-electron chi connectivity index (χ1n) is 9.17. The van der Waals surface area contributed by atoms with Gasteiger partial charge in [0.1, 0.15) is 0 Å². The standard InChI is InChI=1S/C22H22Cl2N2O2/c1-15(2)26(14-16-6-4-3-5-7-16)22(27)11-10-21-25-13-20(28-21)18-9-8-17(23)12-19(18)24/h3-9,12-13,15H,10-11,14H2,1-2H3. The van der Waals surface area contributed by atoms with Crippen LogP contribution in [0.4, 0.5) is 0 Å². The predicted octanol–water partition coefficient (Wildman–Crippen LogP) is 6.02. The lowest BCUT2D eigenvalue weighted by Gasteiger charge is -2.27. The molecular formula is C22H22Cl2N2O2. The molecule has 0 spiro atoms. The minimum atomic E-state index is 0.0723. The van der Waals surface area contributed by atoms with Crippen LogP contribution in [-0.4, -0.2) is 21.8 Å². The van der Waals surface area contributed by atoms with Crippen molar-refractivity contribution >= 4 is 29.1 Å². The number of carbonyl (C=O) groups is 1. The Balaban J connectivity index is 1.64. The first kappa shape index (κ1) is 20.4. The van der Waals surface area contributed by atoms with Gasteiger partial charge < -0.3 is 9.32 Å². The molecule has 146 valence electrons. The molecule has 0 aliphatic rings. The van der Waals surface area contributed by atoms with E-state index in [1.807, 2.05) is 49.1 Å². The molecule has 28 heavy (non-hydrogen) atoms. The van der Waals surface area contributed by atoms with E-state index >= 15 is 0 Å². The molecule has 0 unspecified atom stereocenters. The van der Waals surface area contributed by atoms with E-state index in [0.717, 1.165) is 11.1 Å². The van der Waals surface area contributed by atoms with Crippen molar-refractivity contribution in [1.29, 1.82) is 0 Å². The van der Waals surface area contributed by atoms with Gasteiger partial charge in [0.05, 0.1) is 11.2 Å². The van der Waals surface area contributed by atoms with Gasteiger partial charge in [-0.05, 0) is 37.6 Å². The van der Waals surface area contributed by atoms with Gasteiger partial charge in [-0.15, -0.1) is 0 Å². The molecule has 0 saturated heterocycles. The van der Waals surface area contributed by atoms with Gasteiger partial charge in [-0.1, -0.05) is 53.5 Å². The number of aromatic nitrogens is 1. The predicted molar refractivity (Wildman–Crippen MR) is 112 cm³/mol. The summed E-state index contributed by atoms with van der Waals surface area (Å²) >= 11 is 12.2. The fourth-order valence-corrected chi connectivity index (χ4v) is 3.44. The first-order valence-corrected chi connectivity index (χ1v) is 9.93. The molecule has 0 radical (unpaired) electrons. The normalized spacial score (nSPS) is 11.0. The second kappa shape index (κ2) is 9.26. The van der Waals surface area contributed by atoms with E-state index < -0.39 is 0 Å². The van der Waals surface area contributed by atoms with Gasteiger partial charge in [0.25, 0.3) is 0 Å². The number of hydrogen-bond acceptors (Lipinski definition) is 3. The lowest BCUT2D eigenvalue weighted by Crippen LogP contribution is -2.36. The Labute approximate surface area is 175 Å². The summed E-state index contributed by atoms with van der Waals surface area (Å²) in [5, 5.41) is 1.06. The van der Waals surface area contributed by atoms with Crippen molar-refractivity contribution < 1.29 is 9.21 Å². The largest absolute Gasteiger partial charge is 0.441 e. The minimum absolute atomic E-state index is 0.0723. The van der Waals surface area contributed by atoms with Gasteiger partial charge in [0, 0.05) is 36.0 Å². The Morgan fingerprint density at radius 3 is 2.57 bits per heavy atom. The molecule has 1 aromatic heterocycles. The lowest BCUT2D eigenvalue weighted by molar-refractivity contribution is -0.133. The number of carbonyl (C=O) groups excluding carboxylic acids is 1. The summed E-state index contributed by atoms with van der Waals surface area (Å²) in [6.45, 7) is 4.63. The van der Waals surface area contributed by atoms with Crippen molar-refractivity contribution in [3.8, 4) is 11.3 Å². The molecular weight excluding hydrogens is 395 g/mol. The Kier molecular flexibility index (Phi) is 6.76. The molecule has 0 atom stereocenters. The van der Waals surface area contributed by atoms with Crippen LogP contribution in [0.5, 0.6) is 0 Å². The third-order valence-electron chi connectivity index (χ3n) is 4.44. The monoisotopic (exact) mass is 416 g/mol. The van der Waals surface area contributed by atoms with E-state index in [4.69, 9.17) is 27.6 Å². The van der Waals surface area contributed by atoms with Crippen molar-refractivity contribution in [1.82, 2.24) is 9.88 Å². The molecule has 3 aromatic rings. The Bertz CT molecular complexity index is 939. The summed E-state index contributed by atoms with van der Waals surface area (Å²) in [5.41, 5.74) is 1.84. The molecule has 0 saturated carbocycles. The zero-order valence-corrected chi connectivity index (χ0v) is 17.4. The highest BCUT2D eigenvalue weighted by Gasteiger charge is 2.18. The molecule has 3 rings (SSSR count). The van der Waals surface area contributed by atoms with Crippen LogP contribution in [0, 0.1) is 0 Å². The number of aryl methyl sites for hydroxylation is 1.